The van der Waals surface area contributed by atoms with Crippen LogP contribution >= 0.6 is 0 Å². The summed E-state index contributed by atoms with van der Waals surface area (Å²) >= 11 is 0. The van der Waals surface area contributed by atoms with Crippen molar-refractivity contribution in [2.24, 2.45) is 11.3 Å². The second-order valence-corrected chi connectivity index (χ2v) is 7.11. The molecule has 0 unspecified atom stereocenters. The number of nitrogens with one attached hydrogen (secondary N) is 1. The number of carbonyl (C=O) groups is 2. The number of likely N-dealkylation sites (tertiary alicyclic amines) is 1. The van der Waals surface area contributed by atoms with Crippen LogP contribution < -0.4 is 5.32 Å². The fraction of sp³-hybridized carbons (Fsp3) is 0.733. The van der Waals surface area contributed by atoms with E-state index in [4.69, 9.17) is 0 Å². The summed E-state index contributed by atoms with van der Waals surface area (Å²) in [6, 6.07) is -0.881. The Morgan fingerprint density at radius 1 is 1.36 bits per heavy atom. The molecular formula is C15H25N5O2. The van der Waals surface area contributed by atoms with Crippen molar-refractivity contribution in [1.29, 1.82) is 0 Å². The topological polar surface area (TPSA) is 80.1 Å². The molecule has 0 aliphatic carbocycles. The molecule has 0 spiro atoms. The number of likely N-dealkylation sites (N-methyl/N-ethyl adjacent to an activating group) is 1. The lowest BCUT2D eigenvalue weighted by atomic mass is 9.85. The molecule has 2 heterocycles. The van der Waals surface area contributed by atoms with Gasteiger partial charge in [-0.1, -0.05) is 32.9 Å². The highest BCUT2D eigenvalue weighted by atomic mass is 16.2. The van der Waals surface area contributed by atoms with Crippen molar-refractivity contribution in [3.8, 4) is 0 Å². The van der Waals surface area contributed by atoms with Gasteiger partial charge >= 0.3 is 0 Å². The fourth-order valence-electron chi connectivity index (χ4n) is 3.10. The number of carbonyl (C=O) groups excluding carboxylic acids is 2. The van der Waals surface area contributed by atoms with E-state index < -0.39 is 12.1 Å². The highest BCUT2D eigenvalue weighted by Gasteiger charge is 2.44. The van der Waals surface area contributed by atoms with Crippen LogP contribution in [0.15, 0.2) is 12.4 Å². The summed E-state index contributed by atoms with van der Waals surface area (Å²) in [6.45, 7) is 8.63. The summed E-state index contributed by atoms with van der Waals surface area (Å²) in [5, 5.41) is 10.5. The molecule has 0 aromatic carbocycles. The zero-order chi connectivity index (χ0) is 16.5. The Kier molecular flexibility index (Phi) is 4.53. The van der Waals surface area contributed by atoms with Crippen LogP contribution in [0.4, 0.5) is 0 Å². The van der Waals surface area contributed by atoms with E-state index in [0.717, 1.165) is 0 Å². The van der Waals surface area contributed by atoms with Crippen LogP contribution in [0.3, 0.4) is 0 Å². The Morgan fingerprint density at radius 3 is 2.55 bits per heavy atom. The molecule has 0 saturated carbocycles. The number of hydrogen-bond acceptors (Lipinski definition) is 4. The van der Waals surface area contributed by atoms with Gasteiger partial charge in [-0.25, -0.2) is 4.68 Å². The summed E-state index contributed by atoms with van der Waals surface area (Å²) in [7, 11) is 1.60. The molecule has 2 rings (SSSR count). The number of rotatable bonds is 3. The van der Waals surface area contributed by atoms with Gasteiger partial charge in [0, 0.05) is 19.8 Å². The quantitative estimate of drug-likeness (QED) is 0.897. The molecule has 1 aliphatic heterocycles. The lowest BCUT2D eigenvalue weighted by Crippen LogP contribution is -2.49. The van der Waals surface area contributed by atoms with Gasteiger partial charge in [0.25, 0.3) is 0 Å². The van der Waals surface area contributed by atoms with E-state index in [1.807, 2.05) is 20.8 Å². The molecule has 1 saturated heterocycles. The van der Waals surface area contributed by atoms with Gasteiger partial charge in [-0.15, -0.1) is 5.10 Å². The first-order valence-corrected chi connectivity index (χ1v) is 7.63. The van der Waals surface area contributed by atoms with Crippen molar-refractivity contribution < 1.29 is 9.59 Å². The molecule has 7 nitrogen and oxygen atoms in total. The maximum atomic E-state index is 13.1. The summed E-state index contributed by atoms with van der Waals surface area (Å²) in [5.41, 5.74) is -0.330. The average Bonchev–Trinajstić information content (AvgIpc) is 3.05. The molecule has 1 aliphatic rings. The molecule has 1 aromatic heterocycles. The van der Waals surface area contributed by atoms with Gasteiger partial charge in [-0.2, -0.15) is 0 Å². The number of hydrogen-bond donors (Lipinski definition) is 1. The lowest BCUT2D eigenvalue weighted by molar-refractivity contribution is -0.143. The Bertz CT molecular complexity index is 535. The van der Waals surface area contributed by atoms with Crippen LogP contribution in [0.2, 0.25) is 0 Å². The van der Waals surface area contributed by atoms with Gasteiger partial charge in [-0.05, 0) is 17.8 Å². The second-order valence-electron chi connectivity index (χ2n) is 7.11. The third-order valence-corrected chi connectivity index (χ3v) is 4.10. The van der Waals surface area contributed by atoms with E-state index in [2.05, 4.69) is 22.6 Å². The van der Waals surface area contributed by atoms with Crippen LogP contribution in [0.5, 0.6) is 0 Å². The lowest BCUT2D eigenvalue weighted by Gasteiger charge is -2.34. The first kappa shape index (κ1) is 16.5. The fourth-order valence-corrected chi connectivity index (χ4v) is 3.10. The Hall–Kier alpha value is -1.92. The molecule has 1 N–H and O–H groups in total. The van der Waals surface area contributed by atoms with Crippen molar-refractivity contribution in [2.75, 3.05) is 13.6 Å². The molecular weight excluding hydrogens is 282 g/mol. The van der Waals surface area contributed by atoms with Gasteiger partial charge in [0.1, 0.15) is 12.1 Å². The Morgan fingerprint density at radius 2 is 2.05 bits per heavy atom. The number of amides is 2. The molecule has 2 amide bonds. The smallest absolute Gasteiger partial charge is 0.248 e. The molecule has 7 heteroatoms. The average molecular weight is 307 g/mol. The Balaban J connectivity index is 2.32. The van der Waals surface area contributed by atoms with E-state index in [-0.39, 0.29) is 17.2 Å². The number of nitrogens with zero attached hydrogens (tertiary/aromatic N) is 4. The van der Waals surface area contributed by atoms with Crippen molar-refractivity contribution in [3.63, 3.8) is 0 Å². The molecule has 0 bridgehead atoms. The summed E-state index contributed by atoms with van der Waals surface area (Å²) in [4.78, 5) is 26.9. The molecule has 22 heavy (non-hydrogen) atoms. The standard InChI is InChI=1S/C15H25N5O2/c1-10-8-11(13(21)16-5)19(9-10)14(22)12(15(2,3)4)20-7-6-17-18-20/h6-7,10-12H,8-9H2,1-5H3,(H,16,21)/t10-,11+,12-/m1/s1. The maximum Gasteiger partial charge on any atom is 0.248 e. The molecule has 122 valence electrons. The van der Waals surface area contributed by atoms with Crippen LogP contribution in [0.1, 0.15) is 40.2 Å². The van der Waals surface area contributed by atoms with Gasteiger partial charge < -0.3 is 10.2 Å². The molecule has 3 atom stereocenters. The van der Waals surface area contributed by atoms with Crippen LogP contribution in [-0.2, 0) is 9.59 Å². The second kappa shape index (κ2) is 6.06. The first-order valence-electron chi connectivity index (χ1n) is 7.63. The first-order chi connectivity index (χ1) is 10.3. The van der Waals surface area contributed by atoms with Crippen molar-refractivity contribution >= 4 is 11.8 Å². The van der Waals surface area contributed by atoms with Crippen LogP contribution in [0, 0.1) is 11.3 Å². The van der Waals surface area contributed by atoms with E-state index in [9.17, 15) is 9.59 Å². The summed E-state index contributed by atoms with van der Waals surface area (Å²) in [6.07, 6.45) is 3.96. The van der Waals surface area contributed by atoms with Gasteiger partial charge in [0.15, 0.2) is 0 Å². The van der Waals surface area contributed by atoms with Crippen molar-refractivity contribution in [2.45, 2.75) is 46.2 Å². The third-order valence-electron chi connectivity index (χ3n) is 4.10. The van der Waals surface area contributed by atoms with Gasteiger partial charge in [0.2, 0.25) is 11.8 Å². The minimum atomic E-state index is -0.479. The third kappa shape index (κ3) is 3.13. The highest BCUT2D eigenvalue weighted by molar-refractivity contribution is 5.90. The zero-order valence-electron chi connectivity index (χ0n) is 13.9. The SMILES string of the molecule is CNC(=O)[C@@H]1C[C@@H](C)CN1C(=O)[C@@H](n1ccnn1)C(C)(C)C. The normalized spacial score (nSPS) is 23.4. The van der Waals surface area contributed by atoms with E-state index >= 15 is 0 Å². The van der Waals surface area contributed by atoms with Gasteiger partial charge in [0.05, 0.1) is 6.20 Å². The summed E-state index contributed by atoms with van der Waals surface area (Å²) < 4.78 is 1.59. The zero-order valence-corrected chi connectivity index (χ0v) is 13.9. The van der Waals surface area contributed by atoms with Crippen LogP contribution in [0.25, 0.3) is 0 Å². The minimum absolute atomic E-state index is 0.0732. The van der Waals surface area contributed by atoms with Gasteiger partial charge in [-0.3, -0.25) is 9.59 Å². The van der Waals surface area contributed by atoms with E-state index in [1.54, 1.807) is 29.0 Å². The Labute approximate surface area is 131 Å². The van der Waals surface area contributed by atoms with Crippen molar-refractivity contribution in [1.82, 2.24) is 25.2 Å². The van der Waals surface area contributed by atoms with Crippen LogP contribution in [-0.4, -0.2) is 51.3 Å². The minimum Gasteiger partial charge on any atom is -0.357 e. The van der Waals surface area contributed by atoms with E-state index in [1.165, 1.54) is 0 Å². The summed E-state index contributed by atoms with van der Waals surface area (Å²) in [5.74, 6) is 0.127. The van der Waals surface area contributed by atoms with Crippen molar-refractivity contribution in [3.05, 3.63) is 12.4 Å². The molecule has 0 radical (unpaired) electrons. The molecule has 1 fully saturated rings. The highest BCUT2D eigenvalue weighted by Crippen LogP contribution is 2.34. The largest absolute Gasteiger partial charge is 0.357 e. The predicted molar refractivity (Wildman–Crippen MR) is 81.9 cm³/mol. The number of aromatic nitrogens is 3. The molecule has 1 aromatic rings. The predicted octanol–water partition coefficient (Wildman–Crippen LogP) is 0.848. The monoisotopic (exact) mass is 307 g/mol. The van der Waals surface area contributed by atoms with E-state index in [0.29, 0.717) is 18.9 Å². The maximum absolute atomic E-state index is 13.1.